The second-order valence-corrected chi connectivity index (χ2v) is 13.1. The highest BCUT2D eigenvalue weighted by Gasteiger charge is 2.46. The van der Waals surface area contributed by atoms with Crippen LogP contribution < -0.4 is 15.0 Å². The number of carboxylic acids is 1. The molecule has 2 fully saturated rings. The summed E-state index contributed by atoms with van der Waals surface area (Å²) in [5.41, 5.74) is 2.11. The summed E-state index contributed by atoms with van der Waals surface area (Å²) >= 11 is 0. The van der Waals surface area contributed by atoms with Crippen LogP contribution in [-0.2, 0) is 17.8 Å². The van der Waals surface area contributed by atoms with Gasteiger partial charge in [0.05, 0.1) is 36.6 Å². The molecule has 1 unspecified atom stereocenters. The molecule has 1 saturated heterocycles. The van der Waals surface area contributed by atoms with Crippen molar-refractivity contribution in [1.29, 1.82) is 0 Å². The van der Waals surface area contributed by atoms with E-state index in [1.807, 2.05) is 4.90 Å². The normalized spacial score (nSPS) is 20.5. The molecular formula is C35H43F3N6O9. The van der Waals surface area contributed by atoms with Gasteiger partial charge in [-0.3, -0.25) is 4.79 Å². The summed E-state index contributed by atoms with van der Waals surface area (Å²) in [6.45, 7) is -2.87. The molecule has 2 aliphatic rings. The largest absolute Gasteiger partial charge is 0.481 e. The molecule has 1 aromatic carbocycles. The first-order valence-corrected chi connectivity index (χ1v) is 17.0. The van der Waals surface area contributed by atoms with Crippen LogP contribution in [0.1, 0.15) is 29.8 Å². The number of carbonyl (C=O) groups is 1. The molecule has 18 heteroatoms. The molecule has 15 nitrogen and oxygen atoms in total. The Balaban J connectivity index is 0.000000357. The average molecular weight is 749 g/mol. The van der Waals surface area contributed by atoms with E-state index in [0.29, 0.717) is 35.9 Å². The predicted molar refractivity (Wildman–Crippen MR) is 183 cm³/mol. The van der Waals surface area contributed by atoms with Crippen molar-refractivity contribution in [2.24, 2.45) is 17.8 Å². The first-order chi connectivity index (χ1) is 25.4. The fourth-order valence-electron chi connectivity index (χ4n) is 7.03. The number of rotatable bonds is 14. The van der Waals surface area contributed by atoms with Gasteiger partial charge in [-0.25, -0.2) is 19.3 Å². The molecule has 1 saturated carbocycles. The first kappa shape index (κ1) is 39.8. The van der Waals surface area contributed by atoms with E-state index in [9.17, 15) is 28.9 Å². The topological polar surface area (TPSA) is 226 Å². The van der Waals surface area contributed by atoms with Crippen molar-refractivity contribution in [1.82, 2.24) is 24.7 Å². The summed E-state index contributed by atoms with van der Waals surface area (Å²) in [7, 11) is 1.57. The summed E-state index contributed by atoms with van der Waals surface area (Å²) in [5.74, 6) is -1.07. The summed E-state index contributed by atoms with van der Waals surface area (Å²) < 4.78 is 47.4. The number of nitrogens with zero attached hydrogens (tertiary/aromatic N) is 5. The van der Waals surface area contributed by atoms with Gasteiger partial charge in [-0.05, 0) is 37.8 Å². The number of ether oxygens (including phenoxy) is 1. The van der Waals surface area contributed by atoms with Crippen molar-refractivity contribution in [3.63, 3.8) is 0 Å². The minimum absolute atomic E-state index is 0.00323. The monoisotopic (exact) mass is 748 g/mol. The van der Waals surface area contributed by atoms with Crippen molar-refractivity contribution in [3.05, 3.63) is 71.7 Å². The van der Waals surface area contributed by atoms with Crippen molar-refractivity contribution in [2.45, 2.75) is 56.9 Å². The number of aliphatic hydroxyl groups is 6. The quantitative estimate of drug-likeness (QED) is 0.0894. The molecular weight excluding hydrogens is 705 g/mol. The van der Waals surface area contributed by atoms with Crippen LogP contribution in [0.5, 0.6) is 5.75 Å². The standard InChI is InChI=1S/C28H26F3N5O4.C7H17NO5/c29-20-8-24-34-21(14-37)22(7-15-3-1-2-4-23(15)40-27(30)31)36(24)13-19(20)18-9-32-28(33-10-18)35-11-16-5-6-17(12-35)25(16)26(38)39;1-8-2-4(10)6(12)7(13)5(11)3-9/h1-4,8-10,13,16-17,25,27,37H,5-7,11-12,14H2,(H,38,39);4-13H,2-3H2,1H3/t16-,17+,25?;4-,5+,6+,7+/m.0/s1. The molecule has 0 spiro atoms. The fourth-order valence-corrected chi connectivity index (χ4v) is 7.03. The highest BCUT2D eigenvalue weighted by atomic mass is 19.3. The molecule has 1 aliphatic heterocycles. The van der Waals surface area contributed by atoms with Gasteiger partial charge in [0, 0.05) is 67.4 Å². The number of aliphatic hydroxyl groups excluding tert-OH is 6. The van der Waals surface area contributed by atoms with Crippen LogP contribution in [0, 0.1) is 23.6 Å². The number of halogens is 3. The molecule has 53 heavy (non-hydrogen) atoms. The van der Waals surface area contributed by atoms with E-state index >= 15 is 4.39 Å². The van der Waals surface area contributed by atoms with Crippen LogP contribution in [-0.4, -0.2) is 125 Å². The Morgan fingerprint density at radius 2 is 1.66 bits per heavy atom. The molecule has 0 amide bonds. The van der Waals surface area contributed by atoms with Crippen molar-refractivity contribution < 1.29 is 58.4 Å². The first-order valence-electron chi connectivity index (χ1n) is 17.0. The molecule has 0 radical (unpaired) electrons. The van der Waals surface area contributed by atoms with E-state index < -0.39 is 56.0 Å². The number of aromatic nitrogens is 4. The van der Waals surface area contributed by atoms with Crippen LogP contribution in [0.3, 0.4) is 0 Å². The van der Waals surface area contributed by atoms with E-state index in [4.69, 9.17) is 20.4 Å². The van der Waals surface area contributed by atoms with Gasteiger partial charge < -0.3 is 55.1 Å². The second kappa shape index (κ2) is 17.6. The van der Waals surface area contributed by atoms with Gasteiger partial charge in [-0.15, -0.1) is 0 Å². The smallest absolute Gasteiger partial charge is 0.387 e. The van der Waals surface area contributed by atoms with Crippen LogP contribution in [0.4, 0.5) is 19.1 Å². The minimum Gasteiger partial charge on any atom is -0.481 e. The van der Waals surface area contributed by atoms with Gasteiger partial charge in [-0.2, -0.15) is 8.78 Å². The summed E-state index contributed by atoms with van der Waals surface area (Å²) in [6, 6.07) is 7.58. The van der Waals surface area contributed by atoms with Crippen molar-refractivity contribution in [2.75, 3.05) is 38.2 Å². The van der Waals surface area contributed by atoms with Gasteiger partial charge in [0.1, 0.15) is 35.5 Å². The lowest BCUT2D eigenvalue weighted by molar-refractivity contribution is -0.144. The van der Waals surface area contributed by atoms with E-state index in [2.05, 4.69) is 25.0 Å². The maximum atomic E-state index is 15.2. The maximum Gasteiger partial charge on any atom is 0.387 e. The number of para-hydroxylation sites is 1. The minimum atomic E-state index is -3.00. The summed E-state index contributed by atoms with van der Waals surface area (Å²) in [6.07, 6.45) is 0.757. The number of pyridine rings is 1. The number of nitrogens with one attached hydrogen (secondary N) is 1. The van der Waals surface area contributed by atoms with E-state index in [1.54, 1.807) is 29.6 Å². The summed E-state index contributed by atoms with van der Waals surface area (Å²) in [4.78, 5) is 26.9. The SMILES string of the molecule is CNC[C@H](O)[C@@H](O)[C@H](O)[C@H](O)CO.O=C(O)C1[C@@H]2CC[C@H]1CN(c1ncc(-c3cn4c(Cc5ccccc5OC(F)F)c(CO)nc4cc3F)cn1)C2. The zero-order chi connectivity index (χ0) is 38.4. The predicted octanol–water partition coefficient (Wildman–Crippen LogP) is 0.804. The van der Waals surface area contributed by atoms with Gasteiger partial charge in [0.15, 0.2) is 0 Å². The van der Waals surface area contributed by atoms with Crippen molar-refractivity contribution in [3.8, 4) is 16.9 Å². The molecule has 7 atom stereocenters. The van der Waals surface area contributed by atoms with Crippen LogP contribution in [0.2, 0.25) is 0 Å². The third-order valence-corrected chi connectivity index (χ3v) is 9.68. The fraction of sp³-hybridized carbons (Fsp3) is 0.486. The Hall–Kier alpha value is -4.43. The van der Waals surface area contributed by atoms with E-state index in [0.717, 1.165) is 12.8 Å². The van der Waals surface area contributed by atoms with E-state index in [1.165, 1.54) is 30.7 Å². The average Bonchev–Trinajstić information content (AvgIpc) is 3.63. The zero-order valence-corrected chi connectivity index (χ0v) is 28.7. The Bertz CT molecular complexity index is 1820. The summed E-state index contributed by atoms with van der Waals surface area (Å²) in [5, 5.41) is 67.0. The third-order valence-electron chi connectivity index (χ3n) is 9.68. The van der Waals surface area contributed by atoms with Crippen LogP contribution in [0.25, 0.3) is 16.8 Å². The molecule has 288 valence electrons. The number of piperidine rings is 1. The van der Waals surface area contributed by atoms with Crippen molar-refractivity contribution >= 4 is 17.6 Å². The Morgan fingerprint density at radius 1 is 1.02 bits per heavy atom. The zero-order valence-electron chi connectivity index (χ0n) is 28.7. The number of benzene rings is 1. The highest BCUT2D eigenvalue weighted by molar-refractivity contribution is 5.72. The number of imidazole rings is 1. The molecule has 4 heterocycles. The Morgan fingerprint density at radius 3 is 2.25 bits per heavy atom. The highest BCUT2D eigenvalue weighted by Crippen LogP contribution is 2.43. The van der Waals surface area contributed by atoms with Gasteiger partial charge in [0.2, 0.25) is 5.95 Å². The number of hydrogen-bond acceptors (Lipinski definition) is 13. The lowest BCUT2D eigenvalue weighted by Crippen LogP contribution is -2.48. The Kier molecular flexibility index (Phi) is 13.2. The molecule has 1 aliphatic carbocycles. The number of alkyl halides is 2. The van der Waals surface area contributed by atoms with Gasteiger partial charge in [0.25, 0.3) is 0 Å². The number of fused-ring (bicyclic) bond motifs is 3. The number of aliphatic carboxylic acids is 1. The van der Waals surface area contributed by atoms with Crippen LogP contribution in [0.15, 0.2) is 48.9 Å². The molecule has 6 rings (SSSR count). The second-order valence-electron chi connectivity index (χ2n) is 13.1. The lowest BCUT2D eigenvalue weighted by Gasteiger charge is -2.35. The van der Waals surface area contributed by atoms with Gasteiger partial charge >= 0.3 is 12.6 Å². The number of likely N-dealkylation sites (N-methyl/N-ethyl adjacent to an activating group) is 1. The molecule has 3 aromatic heterocycles. The Labute approximate surface area is 302 Å². The lowest BCUT2D eigenvalue weighted by atomic mass is 9.85. The maximum absolute atomic E-state index is 15.2. The van der Waals surface area contributed by atoms with E-state index in [-0.39, 0.29) is 53.4 Å². The number of hydrogen-bond donors (Lipinski definition) is 8. The number of carboxylic acid groups (broad SMARTS) is 1. The molecule has 2 bridgehead atoms. The third kappa shape index (κ3) is 9.03. The van der Waals surface area contributed by atoms with Gasteiger partial charge in [-0.1, -0.05) is 18.2 Å². The number of anilines is 1. The van der Waals surface area contributed by atoms with Crippen LogP contribution >= 0.6 is 0 Å². The molecule has 4 aromatic rings. The molecule has 8 N–H and O–H groups in total.